The van der Waals surface area contributed by atoms with Gasteiger partial charge in [-0.05, 0) is 24.3 Å². The summed E-state index contributed by atoms with van der Waals surface area (Å²) in [7, 11) is 0. The van der Waals surface area contributed by atoms with Crippen molar-refractivity contribution in [3.63, 3.8) is 0 Å². The Kier molecular flexibility index (Phi) is 2.87. The van der Waals surface area contributed by atoms with Crippen LogP contribution in [0.4, 0.5) is 5.69 Å². The second kappa shape index (κ2) is 4.48. The number of carbonyl (C=O) groups excluding carboxylic acids is 1. The molecule has 1 heterocycles. The largest absolute Gasteiger partial charge is 0.422 e. The van der Waals surface area contributed by atoms with Gasteiger partial charge in [-0.15, -0.1) is 0 Å². The van der Waals surface area contributed by atoms with Crippen LogP contribution in [-0.2, 0) is 0 Å². The molecule has 0 fully saturated rings. The van der Waals surface area contributed by atoms with E-state index in [0.29, 0.717) is 5.69 Å². The van der Waals surface area contributed by atoms with Gasteiger partial charge in [0.1, 0.15) is 11.4 Å². The number of nitrogens with one attached hydrogen (secondary N) is 1. The average molecular weight is 232 g/mol. The number of hydrogen-bond acceptors (Lipinski definition) is 4. The van der Waals surface area contributed by atoms with E-state index in [1.54, 1.807) is 18.3 Å². The summed E-state index contributed by atoms with van der Waals surface area (Å²) in [6.45, 7) is 0. The molecule has 0 aliphatic carbocycles. The molecule has 86 valence electrons. The quantitative estimate of drug-likeness (QED) is 0.380. The first kappa shape index (κ1) is 10.9. The molecule has 2 rings (SSSR count). The predicted molar refractivity (Wildman–Crippen MR) is 58.8 cm³/mol. The number of ether oxygens (including phenoxy) is 1. The second-order valence-corrected chi connectivity index (χ2v) is 3.22. The van der Waals surface area contributed by atoms with Crippen LogP contribution in [0.15, 0.2) is 42.6 Å². The van der Waals surface area contributed by atoms with Crippen LogP contribution in [0.2, 0.25) is 0 Å². The topological polar surface area (TPSA) is 85.2 Å². The predicted octanol–water partition coefficient (Wildman–Crippen LogP) is 2.14. The van der Waals surface area contributed by atoms with E-state index in [0.717, 1.165) is 0 Å². The van der Waals surface area contributed by atoms with Gasteiger partial charge < -0.3 is 9.72 Å². The van der Waals surface area contributed by atoms with Gasteiger partial charge in [-0.1, -0.05) is 0 Å². The summed E-state index contributed by atoms with van der Waals surface area (Å²) in [4.78, 5) is 24.1. The number of benzene rings is 1. The smallest absolute Gasteiger partial charge is 0.360 e. The highest BCUT2D eigenvalue weighted by molar-refractivity contribution is 5.89. The number of non-ortho nitro benzene ring substituents is 1. The normalized spacial score (nSPS) is 9.88. The molecule has 0 unspecified atom stereocenters. The third-order valence-electron chi connectivity index (χ3n) is 2.08. The molecule has 0 saturated carbocycles. The lowest BCUT2D eigenvalue weighted by atomic mass is 10.3. The van der Waals surface area contributed by atoms with Crippen molar-refractivity contribution in [3.05, 3.63) is 58.4 Å². The van der Waals surface area contributed by atoms with Crippen molar-refractivity contribution in [2.45, 2.75) is 0 Å². The molecular weight excluding hydrogens is 224 g/mol. The van der Waals surface area contributed by atoms with Crippen LogP contribution in [-0.4, -0.2) is 15.9 Å². The van der Waals surface area contributed by atoms with Crippen LogP contribution in [0.1, 0.15) is 10.5 Å². The Morgan fingerprint density at radius 3 is 2.47 bits per heavy atom. The van der Waals surface area contributed by atoms with Crippen LogP contribution in [0.3, 0.4) is 0 Å². The second-order valence-electron chi connectivity index (χ2n) is 3.22. The van der Waals surface area contributed by atoms with Crippen molar-refractivity contribution in [2.75, 3.05) is 0 Å². The highest BCUT2D eigenvalue weighted by Gasteiger charge is 2.10. The van der Waals surface area contributed by atoms with Gasteiger partial charge in [0.05, 0.1) is 4.92 Å². The van der Waals surface area contributed by atoms with E-state index in [9.17, 15) is 14.9 Å². The summed E-state index contributed by atoms with van der Waals surface area (Å²) >= 11 is 0. The molecule has 0 spiro atoms. The standard InChI is InChI=1S/C11H8N2O4/c14-11(10-2-1-7-12-10)17-9-5-3-8(4-6-9)13(15)16/h1-7,12H. The van der Waals surface area contributed by atoms with Gasteiger partial charge >= 0.3 is 5.97 Å². The summed E-state index contributed by atoms with van der Waals surface area (Å²) in [5.74, 6) is -0.279. The van der Waals surface area contributed by atoms with Crippen molar-refractivity contribution < 1.29 is 14.5 Å². The molecule has 17 heavy (non-hydrogen) atoms. The van der Waals surface area contributed by atoms with Gasteiger partial charge in [0.25, 0.3) is 5.69 Å². The van der Waals surface area contributed by atoms with E-state index in [-0.39, 0.29) is 11.4 Å². The van der Waals surface area contributed by atoms with E-state index in [4.69, 9.17) is 4.74 Å². The van der Waals surface area contributed by atoms with E-state index in [1.165, 1.54) is 24.3 Å². The molecule has 6 heteroatoms. The van der Waals surface area contributed by atoms with E-state index in [1.807, 2.05) is 0 Å². The number of aromatic nitrogens is 1. The molecule has 0 aliphatic heterocycles. The Hall–Kier alpha value is -2.63. The van der Waals surface area contributed by atoms with Gasteiger partial charge in [0, 0.05) is 18.3 Å². The van der Waals surface area contributed by atoms with Gasteiger partial charge in [-0.3, -0.25) is 10.1 Å². The molecule has 1 N–H and O–H groups in total. The zero-order valence-corrected chi connectivity index (χ0v) is 8.62. The molecule has 1 aromatic carbocycles. The highest BCUT2D eigenvalue weighted by Crippen LogP contribution is 2.18. The van der Waals surface area contributed by atoms with Crippen LogP contribution in [0.5, 0.6) is 5.75 Å². The minimum atomic E-state index is -0.538. The van der Waals surface area contributed by atoms with Crippen molar-refractivity contribution in [2.24, 2.45) is 0 Å². The number of nitro benzene ring substituents is 1. The van der Waals surface area contributed by atoms with Gasteiger partial charge in [0.2, 0.25) is 0 Å². The molecule has 6 nitrogen and oxygen atoms in total. The lowest BCUT2D eigenvalue weighted by Gasteiger charge is -2.01. The number of carbonyl (C=O) groups is 1. The molecule has 0 atom stereocenters. The Balaban J connectivity index is 2.09. The highest BCUT2D eigenvalue weighted by atomic mass is 16.6. The number of aromatic amines is 1. The Morgan fingerprint density at radius 1 is 1.24 bits per heavy atom. The van der Waals surface area contributed by atoms with Crippen LogP contribution in [0.25, 0.3) is 0 Å². The van der Waals surface area contributed by atoms with E-state index >= 15 is 0 Å². The lowest BCUT2D eigenvalue weighted by Crippen LogP contribution is -2.08. The number of rotatable bonds is 3. The lowest BCUT2D eigenvalue weighted by molar-refractivity contribution is -0.384. The van der Waals surface area contributed by atoms with E-state index < -0.39 is 10.9 Å². The average Bonchev–Trinajstić information content (AvgIpc) is 2.83. The maximum absolute atomic E-state index is 11.5. The third-order valence-corrected chi connectivity index (χ3v) is 2.08. The SMILES string of the molecule is O=C(Oc1ccc([N+](=O)[O-])cc1)c1ccc[nH]1. The maximum atomic E-state index is 11.5. The van der Waals surface area contributed by atoms with Crippen molar-refractivity contribution >= 4 is 11.7 Å². The number of nitro groups is 1. The summed E-state index contributed by atoms with van der Waals surface area (Å²) in [6.07, 6.45) is 1.60. The first-order valence-corrected chi connectivity index (χ1v) is 4.77. The molecule has 0 radical (unpaired) electrons. The fourth-order valence-corrected chi connectivity index (χ4v) is 1.26. The molecule has 0 bridgehead atoms. The molecular formula is C11H8N2O4. The third kappa shape index (κ3) is 2.49. The Bertz CT molecular complexity index is 531. The molecule has 0 saturated heterocycles. The summed E-state index contributed by atoms with van der Waals surface area (Å²) in [5, 5.41) is 10.4. The van der Waals surface area contributed by atoms with Gasteiger partial charge in [0.15, 0.2) is 0 Å². The minimum Gasteiger partial charge on any atom is -0.422 e. The number of nitrogens with zero attached hydrogens (tertiary/aromatic N) is 1. The monoisotopic (exact) mass is 232 g/mol. The first-order chi connectivity index (χ1) is 8.16. The summed E-state index contributed by atoms with van der Waals surface area (Å²) in [5.41, 5.74) is 0.271. The van der Waals surface area contributed by atoms with Gasteiger partial charge in [-0.2, -0.15) is 0 Å². The molecule has 0 amide bonds. The molecule has 2 aromatic rings. The Labute approximate surface area is 96.0 Å². The van der Waals surface area contributed by atoms with Crippen molar-refractivity contribution in [1.29, 1.82) is 0 Å². The van der Waals surface area contributed by atoms with Crippen LogP contribution in [0, 0.1) is 10.1 Å². The zero-order valence-electron chi connectivity index (χ0n) is 8.62. The molecule has 0 aliphatic rings. The number of esters is 1. The number of hydrogen-bond donors (Lipinski definition) is 1. The van der Waals surface area contributed by atoms with E-state index in [2.05, 4.69) is 4.98 Å². The first-order valence-electron chi connectivity index (χ1n) is 4.77. The van der Waals surface area contributed by atoms with Gasteiger partial charge in [-0.25, -0.2) is 4.79 Å². The van der Waals surface area contributed by atoms with Crippen molar-refractivity contribution in [3.8, 4) is 5.75 Å². The minimum absolute atomic E-state index is 0.0512. The fraction of sp³-hybridized carbons (Fsp3) is 0. The molecule has 1 aromatic heterocycles. The van der Waals surface area contributed by atoms with Crippen LogP contribution < -0.4 is 4.74 Å². The summed E-state index contributed by atoms with van der Waals surface area (Å²) < 4.78 is 5.00. The van der Waals surface area contributed by atoms with Crippen LogP contribution >= 0.6 is 0 Å². The maximum Gasteiger partial charge on any atom is 0.360 e. The summed E-state index contributed by atoms with van der Waals surface area (Å²) in [6, 6.07) is 8.55. The van der Waals surface area contributed by atoms with Crippen molar-refractivity contribution in [1.82, 2.24) is 4.98 Å². The zero-order chi connectivity index (χ0) is 12.3. The Morgan fingerprint density at radius 2 is 1.94 bits per heavy atom. The number of H-pyrrole nitrogens is 1. The fourth-order valence-electron chi connectivity index (χ4n) is 1.26.